The minimum atomic E-state index is 0.168. The molecule has 0 amide bonds. The summed E-state index contributed by atoms with van der Waals surface area (Å²) in [4.78, 5) is 0. The van der Waals surface area contributed by atoms with Crippen molar-refractivity contribution in [3.05, 3.63) is 28.3 Å². The molecule has 0 radical (unpaired) electrons. The Morgan fingerprint density at radius 2 is 2.18 bits per heavy atom. The number of hydrogen-bond donors (Lipinski definition) is 1. The van der Waals surface area contributed by atoms with Crippen LogP contribution in [0.15, 0.2) is 12.1 Å². The number of hydrogen-bond acceptors (Lipinski definition) is 2. The molecule has 0 unspecified atom stereocenters. The first kappa shape index (κ1) is 6.95. The Hall–Kier alpha value is -0.730. The van der Waals surface area contributed by atoms with Crippen LogP contribution in [0.2, 0.25) is 5.02 Å². The predicted molar refractivity (Wildman–Crippen MR) is 41.6 cm³/mol. The maximum Gasteiger partial charge on any atom is 0.140 e. The normalized spacial score (nSPS) is 15.0. The van der Waals surface area contributed by atoms with Crippen molar-refractivity contribution in [2.24, 2.45) is 0 Å². The fourth-order valence-electron chi connectivity index (χ4n) is 1.21. The van der Waals surface area contributed by atoms with Gasteiger partial charge in [0.25, 0.3) is 0 Å². The van der Waals surface area contributed by atoms with Crippen molar-refractivity contribution in [2.75, 3.05) is 0 Å². The summed E-state index contributed by atoms with van der Waals surface area (Å²) in [6.07, 6.45) is 0. The van der Waals surface area contributed by atoms with Gasteiger partial charge in [0, 0.05) is 5.56 Å². The van der Waals surface area contributed by atoms with Gasteiger partial charge in [0.15, 0.2) is 0 Å². The number of phenols is 1. The van der Waals surface area contributed by atoms with Crippen molar-refractivity contribution in [1.29, 1.82) is 0 Å². The van der Waals surface area contributed by atoms with Crippen LogP contribution in [0.4, 0.5) is 0 Å². The molecule has 0 spiro atoms. The van der Waals surface area contributed by atoms with Crippen molar-refractivity contribution >= 4 is 11.6 Å². The number of fused-ring (bicyclic) bond motifs is 1. The van der Waals surface area contributed by atoms with E-state index in [1.807, 2.05) is 6.07 Å². The summed E-state index contributed by atoms with van der Waals surface area (Å²) in [5, 5.41) is 9.80. The largest absolute Gasteiger partial charge is 0.506 e. The first-order chi connectivity index (χ1) is 5.29. The first-order valence-corrected chi connectivity index (χ1v) is 3.74. The molecule has 2 nitrogen and oxygen atoms in total. The van der Waals surface area contributed by atoms with E-state index in [0.717, 1.165) is 11.1 Å². The van der Waals surface area contributed by atoms with Crippen LogP contribution in [0.25, 0.3) is 0 Å². The third kappa shape index (κ3) is 0.988. The van der Waals surface area contributed by atoms with Crippen molar-refractivity contribution < 1.29 is 9.84 Å². The number of benzene rings is 1. The molecule has 1 N–H and O–H groups in total. The Balaban J connectivity index is 2.62. The second-order valence-electron chi connectivity index (χ2n) is 2.53. The molecule has 0 aliphatic carbocycles. The Morgan fingerprint density at radius 3 is 3.00 bits per heavy atom. The average molecular weight is 171 g/mol. The third-order valence-corrected chi connectivity index (χ3v) is 2.14. The lowest BCUT2D eigenvalue weighted by atomic mass is 10.1. The minimum absolute atomic E-state index is 0.168. The molecule has 3 heteroatoms. The maximum absolute atomic E-state index is 9.41. The fourth-order valence-corrected chi connectivity index (χ4v) is 1.39. The second-order valence-corrected chi connectivity index (χ2v) is 2.93. The predicted octanol–water partition coefficient (Wildman–Crippen LogP) is 2.08. The van der Waals surface area contributed by atoms with Gasteiger partial charge in [0.2, 0.25) is 0 Å². The Labute approximate surface area is 69.4 Å². The average Bonchev–Trinajstić information content (AvgIpc) is 2.45. The van der Waals surface area contributed by atoms with Crippen LogP contribution in [0.5, 0.6) is 5.75 Å². The van der Waals surface area contributed by atoms with E-state index in [1.165, 1.54) is 0 Å². The number of phenolic OH excluding ortho intramolecular Hbond substituents is 1. The fraction of sp³-hybridized carbons (Fsp3) is 0.250. The number of aromatic hydroxyl groups is 1. The standard InChI is InChI=1S/C8H7ClO2/c9-7-2-1-5-3-11-4-6(5)8(7)10/h1-2,10H,3-4H2. The lowest BCUT2D eigenvalue weighted by Gasteiger charge is -2.01. The first-order valence-electron chi connectivity index (χ1n) is 3.36. The van der Waals surface area contributed by atoms with Gasteiger partial charge in [-0.3, -0.25) is 0 Å². The van der Waals surface area contributed by atoms with Crippen molar-refractivity contribution in [3.8, 4) is 5.75 Å². The van der Waals surface area contributed by atoms with Gasteiger partial charge in [0.05, 0.1) is 18.2 Å². The SMILES string of the molecule is Oc1c(Cl)ccc2c1COC2. The molecule has 58 valence electrons. The van der Waals surface area contributed by atoms with Crippen LogP contribution in [0.3, 0.4) is 0 Å². The number of ether oxygens (including phenoxy) is 1. The smallest absolute Gasteiger partial charge is 0.140 e. The molecule has 2 rings (SSSR count). The zero-order valence-corrected chi connectivity index (χ0v) is 6.56. The van der Waals surface area contributed by atoms with Crippen molar-refractivity contribution in [1.82, 2.24) is 0 Å². The second kappa shape index (κ2) is 2.40. The van der Waals surface area contributed by atoms with Gasteiger partial charge >= 0.3 is 0 Å². The molecule has 0 atom stereocenters. The van der Waals surface area contributed by atoms with Gasteiger partial charge < -0.3 is 9.84 Å². The topological polar surface area (TPSA) is 29.5 Å². The highest BCUT2D eigenvalue weighted by Gasteiger charge is 2.16. The summed E-state index contributed by atoms with van der Waals surface area (Å²) >= 11 is 5.69. The summed E-state index contributed by atoms with van der Waals surface area (Å²) in [5.74, 6) is 0.168. The Bertz CT molecular complexity index is 296. The van der Waals surface area contributed by atoms with Gasteiger partial charge in [0.1, 0.15) is 5.75 Å². The molecule has 1 aromatic carbocycles. The van der Waals surface area contributed by atoms with Crippen LogP contribution >= 0.6 is 11.6 Å². The van der Waals surface area contributed by atoms with Crippen LogP contribution in [-0.4, -0.2) is 5.11 Å². The van der Waals surface area contributed by atoms with Crippen LogP contribution in [0, 0.1) is 0 Å². The van der Waals surface area contributed by atoms with E-state index in [-0.39, 0.29) is 5.75 Å². The Morgan fingerprint density at radius 1 is 1.36 bits per heavy atom. The van der Waals surface area contributed by atoms with E-state index in [2.05, 4.69) is 0 Å². The van der Waals surface area contributed by atoms with E-state index < -0.39 is 0 Å². The van der Waals surface area contributed by atoms with Crippen molar-refractivity contribution in [2.45, 2.75) is 13.2 Å². The van der Waals surface area contributed by atoms with Crippen molar-refractivity contribution in [3.63, 3.8) is 0 Å². The molecular weight excluding hydrogens is 164 g/mol. The zero-order chi connectivity index (χ0) is 7.84. The van der Waals surface area contributed by atoms with E-state index in [0.29, 0.717) is 18.2 Å². The molecule has 1 aromatic rings. The number of halogens is 1. The quantitative estimate of drug-likeness (QED) is 0.646. The lowest BCUT2D eigenvalue weighted by Crippen LogP contribution is -1.82. The van der Waals surface area contributed by atoms with Crippen LogP contribution in [-0.2, 0) is 18.0 Å². The van der Waals surface area contributed by atoms with E-state index >= 15 is 0 Å². The molecule has 0 saturated heterocycles. The molecule has 0 saturated carbocycles. The molecular formula is C8H7ClO2. The number of rotatable bonds is 0. The van der Waals surface area contributed by atoms with Gasteiger partial charge in [-0.1, -0.05) is 17.7 Å². The zero-order valence-electron chi connectivity index (χ0n) is 5.80. The molecule has 1 aliphatic rings. The highest BCUT2D eigenvalue weighted by molar-refractivity contribution is 6.32. The summed E-state index contributed by atoms with van der Waals surface area (Å²) in [5.41, 5.74) is 1.87. The summed E-state index contributed by atoms with van der Waals surface area (Å²) in [6, 6.07) is 3.56. The van der Waals surface area contributed by atoms with E-state index in [4.69, 9.17) is 16.3 Å². The molecule has 1 heterocycles. The van der Waals surface area contributed by atoms with E-state index in [9.17, 15) is 5.11 Å². The summed E-state index contributed by atoms with van der Waals surface area (Å²) < 4.78 is 5.13. The molecule has 0 aromatic heterocycles. The third-order valence-electron chi connectivity index (χ3n) is 1.83. The van der Waals surface area contributed by atoms with Gasteiger partial charge in [-0.05, 0) is 11.6 Å². The monoisotopic (exact) mass is 170 g/mol. The molecule has 0 fully saturated rings. The van der Waals surface area contributed by atoms with E-state index in [1.54, 1.807) is 6.07 Å². The lowest BCUT2D eigenvalue weighted by molar-refractivity contribution is 0.133. The maximum atomic E-state index is 9.41. The molecule has 0 bridgehead atoms. The van der Waals surface area contributed by atoms with Gasteiger partial charge in [-0.2, -0.15) is 0 Å². The van der Waals surface area contributed by atoms with Crippen LogP contribution in [0.1, 0.15) is 11.1 Å². The summed E-state index contributed by atoms with van der Waals surface area (Å²) in [6.45, 7) is 1.06. The highest BCUT2D eigenvalue weighted by atomic mass is 35.5. The molecule has 11 heavy (non-hydrogen) atoms. The summed E-state index contributed by atoms with van der Waals surface area (Å²) in [7, 11) is 0. The Kier molecular flexibility index (Phi) is 1.51. The van der Waals surface area contributed by atoms with Crippen LogP contribution < -0.4 is 0 Å². The minimum Gasteiger partial charge on any atom is -0.506 e. The molecule has 1 aliphatic heterocycles. The highest BCUT2D eigenvalue weighted by Crippen LogP contribution is 2.34. The van der Waals surface area contributed by atoms with Gasteiger partial charge in [-0.25, -0.2) is 0 Å². The van der Waals surface area contributed by atoms with Gasteiger partial charge in [-0.15, -0.1) is 0 Å².